The van der Waals surface area contributed by atoms with Crippen LogP contribution in [0.25, 0.3) is 0 Å². The quantitative estimate of drug-likeness (QED) is 0.579. The number of hydrogen-bond acceptors (Lipinski definition) is 5. The van der Waals surface area contributed by atoms with E-state index in [4.69, 9.17) is 14.2 Å². The molecular formula is C23H20O5. The molecule has 3 aromatic carbocycles. The number of benzene rings is 3. The molecule has 0 spiro atoms. The Morgan fingerprint density at radius 3 is 1.71 bits per heavy atom. The molecule has 0 atom stereocenters. The summed E-state index contributed by atoms with van der Waals surface area (Å²) in [4.78, 5) is 26.2. The molecule has 0 bridgehead atoms. The van der Waals surface area contributed by atoms with Gasteiger partial charge in [0.05, 0.1) is 38.0 Å². The molecule has 5 heteroatoms. The van der Waals surface area contributed by atoms with Crippen LogP contribution in [0.2, 0.25) is 0 Å². The van der Waals surface area contributed by atoms with Crippen molar-refractivity contribution in [3.05, 3.63) is 89.0 Å². The van der Waals surface area contributed by atoms with Crippen molar-refractivity contribution in [2.24, 2.45) is 0 Å². The molecule has 0 aliphatic rings. The van der Waals surface area contributed by atoms with Gasteiger partial charge in [-0.15, -0.1) is 0 Å². The van der Waals surface area contributed by atoms with Crippen molar-refractivity contribution >= 4 is 11.6 Å². The highest BCUT2D eigenvalue weighted by Crippen LogP contribution is 2.33. The van der Waals surface area contributed by atoms with Gasteiger partial charge in [-0.25, -0.2) is 0 Å². The van der Waals surface area contributed by atoms with Crippen LogP contribution in [-0.4, -0.2) is 32.9 Å². The van der Waals surface area contributed by atoms with Crippen molar-refractivity contribution in [1.29, 1.82) is 0 Å². The molecule has 3 rings (SSSR count). The van der Waals surface area contributed by atoms with Gasteiger partial charge in [0.25, 0.3) is 0 Å². The maximum absolute atomic E-state index is 13.2. The van der Waals surface area contributed by atoms with Crippen molar-refractivity contribution in [2.45, 2.75) is 0 Å². The minimum absolute atomic E-state index is 0.242. The van der Waals surface area contributed by atoms with E-state index < -0.39 is 0 Å². The summed E-state index contributed by atoms with van der Waals surface area (Å²) in [5, 5.41) is 0. The molecule has 0 saturated carbocycles. The van der Waals surface area contributed by atoms with Crippen molar-refractivity contribution in [1.82, 2.24) is 0 Å². The summed E-state index contributed by atoms with van der Waals surface area (Å²) < 4.78 is 16.1. The Bertz CT molecular complexity index is 1010. The van der Waals surface area contributed by atoms with Crippen LogP contribution < -0.4 is 14.2 Å². The van der Waals surface area contributed by atoms with Gasteiger partial charge in [-0.05, 0) is 18.2 Å². The molecule has 0 fully saturated rings. The average molecular weight is 376 g/mol. The molecule has 0 heterocycles. The van der Waals surface area contributed by atoms with Gasteiger partial charge in [0.15, 0.2) is 5.78 Å². The van der Waals surface area contributed by atoms with Gasteiger partial charge in [0.1, 0.15) is 17.2 Å². The summed E-state index contributed by atoms with van der Waals surface area (Å²) >= 11 is 0. The van der Waals surface area contributed by atoms with Crippen LogP contribution >= 0.6 is 0 Å². The Morgan fingerprint density at radius 2 is 1.11 bits per heavy atom. The van der Waals surface area contributed by atoms with Gasteiger partial charge in [0.2, 0.25) is 5.78 Å². The topological polar surface area (TPSA) is 61.8 Å². The monoisotopic (exact) mass is 376 g/mol. The fourth-order valence-corrected chi connectivity index (χ4v) is 2.98. The van der Waals surface area contributed by atoms with Gasteiger partial charge in [-0.3, -0.25) is 9.59 Å². The lowest BCUT2D eigenvalue weighted by atomic mass is 9.95. The first-order chi connectivity index (χ1) is 13.6. The largest absolute Gasteiger partial charge is 0.496 e. The number of rotatable bonds is 7. The lowest BCUT2D eigenvalue weighted by Crippen LogP contribution is -2.10. The van der Waals surface area contributed by atoms with E-state index in [1.807, 2.05) is 6.07 Å². The van der Waals surface area contributed by atoms with Gasteiger partial charge < -0.3 is 14.2 Å². The Balaban J connectivity index is 2.16. The minimum Gasteiger partial charge on any atom is -0.496 e. The highest BCUT2D eigenvalue weighted by atomic mass is 16.5. The summed E-state index contributed by atoms with van der Waals surface area (Å²) in [5.41, 5.74) is 1.42. The van der Waals surface area contributed by atoms with E-state index in [0.29, 0.717) is 28.4 Å². The molecule has 142 valence electrons. The number of carbonyl (C=O) groups excluding carboxylic acids is 2. The predicted octanol–water partition coefficient (Wildman–Crippen LogP) is 4.17. The van der Waals surface area contributed by atoms with Crippen LogP contribution in [0.4, 0.5) is 0 Å². The van der Waals surface area contributed by atoms with E-state index in [0.717, 1.165) is 0 Å². The minimum atomic E-state index is -0.306. The second kappa shape index (κ2) is 8.39. The summed E-state index contributed by atoms with van der Waals surface area (Å²) in [7, 11) is 4.44. The third kappa shape index (κ3) is 3.60. The molecule has 0 amide bonds. The molecule has 0 N–H and O–H groups in total. The Hall–Kier alpha value is -3.60. The number of ketones is 2. The van der Waals surface area contributed by atoms with E-state index >= 15 is 0 Å². The van der Waals surface area contributed by atoms with Gasteiger partial charge in [-0.2, -0.15) is 0 Å². The first kappa shape index (κ1) is 19.2. The Kier molecular flexibility index (Phi) is 5.75. The number of para-hydroxylation sites is 1. The number of carbonyl (C=O) groups is 2. The van der Waals surface area contributed by atoms with Crippen LogP contribution in [0.15, 0.2) is 66.7 Å². The summed E-state index contributed by atoms with van der Waals surface area (Å²) in [6.45, 7) is 0. The smallest absolute Gasteiger partial charge is 0.200 e. The molecular weight excluding hydrogens is 356 g/mol. The zero-order valence-electron chi connectivity index (χ0n) is 15.9. The number of hydrogen-bond donors (Lipinski definition) is 0. The SMILES string of the molecule is COc1cc(OC)c(C(=O)c2ccccc2OC)cc1C(=O)c1ccccc1. The fourth-order valence-electron chi connectivity index (χ4n) is 2.98. The second-order valence-electron chi connectivity index (χ2n) is 5.98. The van der Waals surface area contributed by atoms with Crippen LogP contribution in [0.5, 0.6) is 17.2 Å². The van der Waals surface area contributed by atoms with E-state index in [9.17, 15) is 9.59 Å². The average Bonchev–Trinajstić information content (AvgIpc) is 2.77. The summed E-state index contributed by atoms with van der Waals surface area (Å²) in [5.74, 6) is 0.550. The zero-order valence-corrected chi connectivity index (χ0v) is 15.9. The van der Waals surface area contributed by atoms with Crippen LogP contribution in [0.3, 0.4) is 0 Å². The standard InChI is InChI=1S/C23H20O5/c1-26-19-12-8-7-11-16(19)23(25)18-13-17(20(27-2)14-21(18)28-3)22(24)15-9-5-4-6-10-15/h4-14H,1-3H3. The maximum Gasteiger partial charge on any atom is 0.200 e. The third-order valence-electron chi connectivity index (χ3n) is 4.40. The van der Waals surface area contributed by atoms with Crippen LogP contribution in [-0.2, 0) is 0 Å². The highest BCUT2D eigenvalue weighted by Gasteiger charge is 2.24. The fraction of sp³-hybridized carbons (Fsp3) is 0.130. The van der Waals surface area contributed by atoms with Crippen molar-refractivity contribution in [3.63, 3.8) is 0 Å². The van der Waals surface area contributed by atoms with Crippen LogP contribution in [0.1, 0.15) is 31.8 Å². The normalized spacial score (nSPS) is 10.2. The first-order valence-electron chi connectivity index (χ1n) is 8.64. The Labute approximate surface area is 163 Å². The van der Waals surface area contributed by atoms with Gasteiger partial charge in [-0.1, -0.05) is 42.5 Å². The molecule has 5 nitrogen and oxygen atoms in total. The molecule has 0 unspecified atom stereocenters. The summed E-state index contributed by atoms with van der Waals surface area (Å²) in [6.07, 6.45) is 0. The van der Waals surface area contributed by atoms with Crippen molar-refractivity contribution in [2.75, 3.05) is 21.3 Å². The van der Waals surface area contributed by atoms with E-state index in [1.54, 1.807) is 54.6 Å². The molecule has 28 heavy (non-hydrogen) atoms. The molecule has 0 radical (unpaired) electrons. The molecule has 0 aliphatic carbocycles. The number of ether oxygens (including phenoxy) is 3. The van der Waals surface area contributed by atoms with Crippen molar-refractivity contribution in [3.8, 4) is 17.2 Å². The zero-order chi connectivity index (χ0) is 20.1. The van der Waals surface area contributed by atoms with E-state index in [-0.39, 0.29) is 22.7 Å². The maximum atomic E-state index is 13.2. The summed E-state index contributed by atoms with van der Waals surface area (Å²) in [6, 6.07) is 18.8. The lowest BCUT2D eigenvalue weighted by Gasteiger charge is -2.15. The third-order valence-corrected chi connectivity index (χ3v) is 4.40. The van der Waals surface area contributed by atoms with Crippen LogP contribution in [0, 0.1) is 0 Å². The van der Waals surface area contributed by atoms with E-state index in [2.05, 4.69) is 0 Å². The Morgan fingerprint density at radius 1 is 0.571 bits per heavy atom. The highest BCUT2D eigenvalue weighted by molar-refractivity contribution is 6.16. The lowest BCUT2D eigenvalue weighted by molar-refractivity contribution is 0.103. The molecule has 0 aliphatic heterocycles. The van der Waals surface area contributed by atoms with Gasteiger partial charge in [0, 0.05) is 11.6 Å². The van der Waals surface area contributed by atoms with Crippen molar-refractivity contribution < 1.29 is 23.8 Å². The first-order valence-corrected chi connectivity index (χ1v) is 8.64. The van der Waals surface area contributed by atoms with Gasteiger partial charge >= 0.3 is 0 Å². The number of methoxy groups -OCH3 is 3. The second-order valence-corrected chi connectivity index (χ2v) is 5.98. The molecule has 0 aromatic heterocycles. The molecule has 3 aromatic rings. The molecule has 0 saturated heterocycles. The predicted molar refractivity (Wildman–Crippen MR) is 106 cm³/mol. The van der Waals surface area contributed by atoms with E-state index in [1.165, 1.54) is 27.4 Å².